The molecule has 6 nitrogen and oxygen atoms in total. The number of hydroxylamine groups is 2. The summed E-state index contributed by atoms with van der Waals surface area (Å²) < 4.78 is 19.8. The van der Waals surface area contributed by atoms with E-state index < -0.39 is 12.1 Å². The molecule has 0 unspecified atom stereocenters. The highest BCUT2D eigenvalue weighted by Crippen LogP contribution is 2.35. The Morgan fingerprint density at radius 2 is 1.82 bits per heavy atom. The summed E-state index contributed by atoms with van der Waals surface area (Å²) in [6.45, 7) is 0.498. The highest BCUT2D eigenvalue weighted by atomic mass is 35.5. The van der Waals surface area contributed by atoms with Crippen LogP contribution < -0.4 is 0 Å². The Hall–Kier alpha value is -3.42. The van der Waals surface area contributed by atoms with Crippen molar-refractivity contribution in [1.29, 1.82) is 0 Å². The van der Waals surface area contributed by atoms with Crippen LogP contribution in [0.5, 0.6) is 0 Å². The van der Waals surface area contributed by atoms with Crippen molar-refractivity contribution >= 4 is 23.7 Å². The van der Waals surface area contributed by atoms with E-state index in [9.17, 15) is 19.1 Å². The lowest BCUT2D eigenvalue weighted by molar-refractivity contribution is -0.139. The van der Waals surface area contributed by atoms with Gasteiger partial charge in [-0.15, -0.1) is 5.06 Å². The van der Waals surface area contributed by atoms with E-state index in [2.05, 4.69) is 0 Å². The van der Waals surface area contributed by atoms with Crippen molar-refractivity contribution < 1.29 is 28.7 Å². The summed E-state index contributed by atoms with van der Waals surface area (Å²) in [6, 6.07) is 17.1. The van der Waals surface area contributed by atoms with E-state index in [0.29, 0.717) is 45.8 Å². The molecule has 1 N–H and O–H groups in total. The van der Waals surface area contributed by atoms with Gasteiger partial charge in [0.1, 0.15) is 12.4 Å². The molecule has 33 heavy (non-hydrogen) atoms. The topological polar surface area (TPSA) is 76.1 Å². The molecule has 1 heterocycles. The number of carboxylic acids is 1. The number of carbonyl (C=O) groups is 2. The summed E-state index contributed by atoms with van der Waals surface area (Å²) in [5.74, 6) is -1.34. The molecule has 0 saturated carbocycles. The average molecular weight is 470 g/mol. The predicted octanol–water partition coefficient (Wildman–Crippen LogP) is 5.40. The minimum Gasteiger partial charge on any atom is -0.481 e. The van der Waals surface area contributed by atoms with E-state index in [1.165, 1.54) is 11.1 Å². The Balaban J connectivity index is 1.56. The van der Waals surface area contributed by atoms with Crippen LogP contribution in [-0.4, -0.2) is 28.8 Å². The number of halogens is 2. The maximum atomic E-state index is 14.6. The summed E-state index contributed by atoms with van der Waals surface area (Å²) in [5.41, 5.74) is 3.76. The lowest BCUT2D eigenvalue weighted by Gasteiger charge is -2.29. The Labute approximate surface area is 195 Å². The lowest BCUT2D eigenvalue weighted by Crippen LogP contribution is -2.34. The van der Waals surface area contributed by atoms with Gasteiger partial charge in [-0.2, -0.15) is 0 Å². The van der Waals surface area contributed by atoms with Gasteiger partial charge in [-0.25, -0.2) is 9.18 Å². The standard InChI is InChI=1S/C25H21ClFNO5/c26-18-7-6-17(12-24(29)30)21(13-18)19-8-9-23(27)20-10-11-28(14-22(19)20)33-25(31)32-15-16-4-2-1-3-5-16/h1-9,13H,10-12,14-15H2,(H,29,30). The maximum Gasteiger partial charge on any atom is 0.528 e. The molecule has 8 heteroatoms. The third-order valence-electron chi connectivity index (χ3n) is 5.43. The van der Waals surface area contributed by atoms with Crippen LogP contribution in [0.4, 0.5) is 9.18 Å². The van der Waals surface area contributed by atoms with Crippen LogP contribution in [0.2, 0.25) is 5.02 Å². The number of carbonyl (C=O) groups excluding carboxylic acids is 1. The molecule has 3 aromatic rings. The monoisotopic (exact) mass is 469 g/mol. The maximum absolute atomic E-state index is 14.6. The second-order valence-electron chi connectivity index (χ2n) is 7.65. The van der Waals surface area contributed by atoms with E-state index in [0.717, 1.165) is 5.56 Å². The Morgan fingerprint density at radius 1 is 1.03 bits per heavy atom. The van der Waals surface area contributed by atoms with E-state index in [-0.39, 0.29) is 25.4 Å². The molecule has 4 rings (SSSR count). The van der Waals surface area contributed by atoms with Crippen LogP contribution in [0, 0.1) is 5.82 Å². The minimum absolute atomic E-state index is 0.0744. The first-order chi connectivity index (χ1) is 15.9. The van der Waals surface area contributed by atoms with Gasteiger partial charge in [0.15, 0.2) is 0 Å². The number of aliphatic carboxylic acids is 1. The normalized spacial score (nSPS) is 13.3. The summed E-state index contributed by atoms with van der Waals surface area (Å²) in [6.07, 6.45) is -0.741. The summed E-state index contributed by atoms with van der Waals surface area (Å²) >= 11 is 6.18. The van der Waals surface area contributed by atoms with E-state index in [1.807, 2.05) is 30.3 Å². The van der Waals surface area contributed by atoms with Crippen molar-refractivity contribution in [2.75, 3.05) is 6.54 Å². The molecule has 0 fully saturated rings. The van der Waals surface area contributed by atoms with Crippen LogP contribution in [0.1, 0.15) is 22.3 Å². The number of hydrogen-bond donors (Lipinski definition) is 1. The molecule has 0 spiro atoms. The fraction of sp³-hybridized carbons (Fsp3) is 0.200. The summed E-state index contributed by atoms with van der Waals surface area (Å²) in [7, 11) is 0. The Bertz CT molecular complexity index is 1180. The second-order valence-corrected chi connectivity index (χ2v) is 8.09. The third kappa shape index (κ3) is 5.50. The first-order valence-corrected chi connectivity index (χ1v) is 10.7. The van der Waals surface area contributed by atoms with Gasteiger partial charge in [0.05, 0.1) is 13.0 Å². The van der Waals surface area contributed by atoms with E-state index in [4.69, 9.17) is 21.2 Å². The van der Waals surface area contributed by atoms with Gasteiger partial charge < -0.3 is 14.7 Å². The zero-order valence-corrected chi connectivity index (χ0v) is 18.3. The molecule has 0 bridgehead atoms. The predicted molar refractivity (Wildman–Crippen MR) is 120 cm³/mol. The van der Waals surface area contributed by atoms with E-state index in [1.54, 1.807) is 24.3 Å². The highest BCUT2D eigenvalue weighted by molar-refractivity contribution is 6.30. The molecule has 0 saturated heterocycles. The quantitative estimate of drug-likeness (QED) is 0.487. The number of benzene rings is 3. The smallest absolute Gasteiger partial charge is 0.481 e. The molecule has 0 atom stereocenters. The highest BCUT2D eigenvalue weighted by Gasteiger charge is 2.26. The van der Waals surface area contributed by atoms with Crippen LogP contribution in [0.25, 0.3) is 11.1 Å². The molecule has 0 amide bonds. The number of fused-ring (bicyclic) bond motifs is 1. The average Bonchev–Trinajstić information content (AvgIpc) is 2.80. The third-order valence-corrected chi connectivity index (χ3v) is 5.66. The molecule has 3 aromatic carbocycles. The van der Waals surface area contributed by atoms with Gasteiger partial charge in [-0.3, -0.25) is 4.79 Å². The molecule has 0 radical (unpaired) electrons. The molecule has 0 aromatic heterocycles. The molecule has 1 aliphatic rings. The first-order valence-electron chi connectivity index (χ1n) is 10.3. The van der Waals surface area contributed by atoms with Crippen LogP contribution in [0.3, 0.4) is 0 Å². The number of hydrogen-bond acceptors (Lipinski definition) is 5. The van der Waals surface area contributed by atoms with Crippen LogP contribution in [0.15, 0.2) is 60.7 Å². The molecular formula is C25H21ClFNO5. The number of carboxylic acid groups (broad SMARTS) is 1. The van der Waals surface area contributed by atoms with Crippen molar-refractivity contribution in [3.63, 3.8) is 0 Å². The SMILES string of the molecule is O=C(O)Cc1ccc(Cl)cc1-c1ccc(F)c2c1CN(OC(=O)OCc1ccccc1)CC2. The van der Waals surface area contributed by atoms with Gasteiger partial charge in [-0.05, 0) is 58.0 Å². The summed E-state index contributed by atoms with van der Waals surface area (Å²) in [5, 5.41) is 11.1. The van der Waals surface area contributed by atoms with Gasteiger partial charge in [-0.1, -0.05) is 54.1 Å². The van der Waals surface area contributed by atoms with Crippen molar-refractivity contribution in [3.8, 4) is 11.1 Å². The van der Waals surface area contributed by atoms with E-state index >= 15 is 0 Å². The molecular weight excluding hydrogens is 449 g/mol. The number of nitrogens with zero attached hydrogens (tertiary/aromatic N) is 1. The van der Waals surface area contributed by atoms with Crippen LogP contribution >= 0.6 is 11.6 Å². The van der Waals surface area contributed by atoms with Gasteiger partial charge in [0.25, 0.3) is 0 Å². The van der Waals surface area contributed by atoms with Crippen molar-refractivity contribution in [1.82, 2.24) is 5.06 Å². The zero-order valence-electron chi connectivity index (χ0n) is 17.6. The van der Waals surface area contributed by atoms with Crippen molar-refractivity contribution in [2.24, 2.45) is 0 Å². The van der Waals surface area contributed by atoms with Crippen molar-refractivity contribution in [2.45, 2.75) is 26.0 Å². The van der Waals surface area contributed by atoms with Crippen LogP contribution in [-0.2, 0) is 40.4 Å². The molecule has 1 aliphatic heterocycles. The fourth-order valence-electron chi connectivity index (χ4n) is 3.90. The number of ether oxygens (including phenoxy) is 1. The largest absolute Gasteiger partial charge is 0.528 e. The summed E-state index contributed by atoms with van der Waals surface area (Å²) in [4.78, 5) is 28.9. The second kappa shape index (κ2) is 10.0. The lowest BCUT2D eigenvalue weighted by atomic mass is 9.88. The molecule has 170 valence electrons. The van der Waals surface area contributed by atoms with Crippen molar-refractivity contribution in [3.05, 3.63) is 93.8 Å². The fourth-order valence-corrected chi connectivity index (χ4v) is 4.07. The Morgan fingerprint density at radius 3 is 2.58 bits per heavy atom. The minimum atomic E-state index is -0.985. The first kappa shape index (κ1) is 22.8. The zero-order chi connectivity index (χ0) is 23.4. The molecule has 0 aliphatic carbocycles. The number of rotatable bonds is 6. The Kier molecular flexibility index (Phi) is 6.91. The van der Waals surface area contributed by atoms with Gasteiger partial charge in [0.2, 0.25) is 0 Å². The van der Waals surface area contributed by atoms with Gasteiger partial charge >= 0.3 is 12.1 Å². The van der Waals surface area contributed by atoms with Gasteiger partial charge in [0, 0.05) is 11.6 Å².